The van der Waals surface area contributed by atoms with Crippen LogP contribution in [0.15, 0.2) is 24.3 Å². The van der Waals surface area contributed by atoms with Crippen molar-refractivity contribution in [3.05, 3.63) is 35.4 Å². The number of carbonyl (C=O) groups is 1. The zero-order valence-electron chi connectivity index (χ0n) is 13.8. The summed E-state index contributed by atoms with van der Waals surface area (Å²) in [4.78, 5) is 12.4. The fourth-order valence-electron chi connectivity index (χ4n) is 2.78. The predicted molar refractivity (Wildman–Crippen MR) is 85.5 cm³/mol. The largest absolute Gasteiger partial charge is 0.460 e. The van der Waals surface area contributed by atoms with Crippen molar-refractivity contribution in [1.29, 1.82) is 0 Å². The monoisotopic (exact) mass is 289 g/mol. The minimum Gasteiger partial charge on any atom is -0.460 e. The van der Waals surface area contributed by atoms with Crippen LogP contribution in [0.3, 0.4) is 0 Å². The third kappa shape index (κ3) is 4.07. The second-order valence-electron chi connectivity index (χ2n) is 7.23. The van der Waals surface area contributed by atoms with Crippen LogP contribution in [0.2, 0.25) is 0 Å². The highest BCUT2D eigenvalue weighted by atomic mass is 16.6. The Morgan fingerprint density at radius 1 is 1.19 bits per heavy atom. The van der Waals surface area contributed by atoms with Crippen molar-refractivity contribution >= 4 is 5.97 Å². The average Bonchev–Trinajstić information content (AvgIpc) is 2.86. The Morgan fingerprint density at radius 2 is 1.81 bits per heavy atom. The molecule has 1 aromatic rings. The SMILES string of the molecule is CC(C)c1ccc(C2CNCC2C(=O)OC(C)(C)C)cc1. The predicted octanol–water partition coefficient (Wildman–Crippen LogP) is 3.45. The van der Waals surface area contributed by atoms with Crippen molar-refractivity contribution in [2.45, 2.75) is 52.1 Å². The van der Waals surface area contributed by atoms with Gasteiger partial charge in [-0.15, -0.1) is 0 Å². The number of hydrogen-bond acceptors (Lipinski definition) is 3. The van der Waals surface area contributed by atoms with Gasteiger partial charge in [0.25, 0.3) is 0 Å². The molecular weight excluding hydrogens is 262 g/mol. The second kappa shape index (κ2) is 6.18. The number of rotatable bonds is 3. The Hall–Kier alpha value is -1.35. The molecule has 2 atom stereocenters. The molecule has 116 valence electrons. The average molecular weight is 289 g/mol. The third-order valence-electron chi connectivity index (χ3n) is 3.96. The van der Waals surface area contributed by atoms with E-state index in [1.54, 1.807) is 0 Å². The van der Waals surface area contributed by atoms with Crippen LogP contribution >= 0.6 is 0 Å². The molecule has 2 unspecified atom stereocenters. The highest BCUT2D eigenvalue weighted by Crippen LogP contribution is 2.31. The zero-order chi connectivity index (χ0) is 15.6. The lowest BCUT2D eigenvalue weighted by atomic mass is 9.87. The van der Waals surface area contributed by atoms with E-state index in [0.29, 0.717) is 12.5 Å². The van der Waals surface area contributed by atoms with E-state index in [-0.39, 0.29) is 17.8 Å². The van der Waals surface area contributed by atoms with Gasteiger partial charge in [-0.05, 0) is 37.8 Å². The summed E-state index contributed by atoms with van der Waals surface area (Å²) in [5, 5.41) is 3.32. The van der Waals surface area contributed by atoms with Crippen LogP contribution in [0.5, 0.6) is 0 Å². The Morgan fingerprint density at radius 3 is 2.33 bits per heavy atom. The first-order valence-electron chi connectivity index (χ1n) is 7.81. The van der Waals surface area contributed by atoms with Crippen molar-refractivity contribution in [2.75, 3.05) is 13.1 Å². The second-order valence-corrected chi connectivity index (χ2v) is 7.23. The molecule has 21 heavy (non-hydrogen) atoms. The lowest BCUT2D eigenvalue weighted by Crippen LogP contribution is -2.31. The van der Waals surface area contributed by atoms with E-state index < -0.39 is 5.60 Å². The molecule has 1 heterocycles. The highest BCUT2D eigenvalue weighted by Gasteiger charge is 2.36. The molecule has 1 N–H and O–H groups in total. The van der Waals surface area contributed by atoms with E-state index in [4.69, 9.17) is 4.74 Å². The summed E-state index contributed by atoms with van der Waals surface area (Å²) in [6, 6.07) is 8.66. The van der Waals surface area contributed by atoms with Gasteiger partial charge < -0.3 is 10.1 Å². The molecule has 0 spiro atoms. The number of ether oxygens (including phenoxy) is 1. The maximum Gasteiger partial charge on any atom is 0.311 e. The van der Waals surface area contributed by atoms with E-state index in [1.807, 2.05) is 20.8 Å². The molecule has 2 rings (SSSR count). The van der Waals surface area contributed by atoms with E-state index in [0.717, 1.165) is 6.54 Å². The highest BCUT2D eigenvalue weighted by molar-refractivity contribution is 5.75. The van der Waals surface area contributed by atoms with E-state index in [1.165, 1.54) is 11.1 Å². The molecule has 1 fully saturated rings. The van der Waals surface area contributed by atoms with Crippen LogP contribution < -0.4 is 5.32 Å². The normalized spacial score (nSPS) is 22.6. The standard InChI is InChI=1S/C18H27NO2/c1-12(2)13-6-8-14(9-7-13)15-10-19-11-16(15)17(20)21-18(3,4)5/h6-9,12,15-16,19H,10-11H2,1-5H3. The summed E-state index contributed by atoms with van der Waals surface area (Å²) < 4.78 is 5.56. The van der Waals surface area contributed by atoms with E-state index >= 15 is 0 Å². The first kappa shape index (κ1) is 16.0. The number of esters is 1. The molecule has 0 radical (unpaired) electrons. The van der Waals surface area contributed by atoms with Gasteiger partial charge in [0.15, 0.2) is 0 Å². The summed E-state index contributed by atoms with van der Waals surface area (Å²) >= 11 is 0. The van der Waals surface area contributed by atoms with Gasteiger partial charge in [0.2, 0.25) is 0 Å². The fraction of sp³-hybridized carbons (Fsp3) is 0.611. The number of hydrogen-bond donors (Lipinski definition) is 1. The van der Waals surface area contributed by atoms with Gasteiger partial charge in [-0.2, -0.15) is 0 Å². The van der Waals surface area contributed by atoms with Crippen LogP contribution in [-0.4, -0.2) is 24.7 Å². The molecule has 1 aliphatic rings. The summed E-state index contributed by atoms with van der Waals surface area (Å²) in [6.45, 7) is 11.7. The van der Waals surface area contributed by atoms with Crippen molar-refractivity contribution < 1.29 is 9.53 Å². The Bertz CT molecular complexity index is 485. The van der Waals surface area contributed by atoms with Gasteiger partial charge in [-0.1, -0.05) is 38.1 Å². The first-order valence-corrected chi connectivity index (χ1v) is 7.81. The number of carbonyl (C=O) groups excluding carboxylic acids is 1. The fourth-order valence-corrected chi connectivity index (χ4v) is 2.78. The minimum absolute atomic E-state index is 0.0888. The summed E-state index contributed by atoms with van der Waals surface area (Å²) in [5.41, 5.74) is 2.13. The quantitative estimate of drug-likeness (QED) is 0.866. The molecule has 1 saturated heterocycles. The molecule has 0 amide bonds. The Kier molecular flexibility index (Phi) is 4.72. The molecular formula is C18H27NO2. The lowest BCUT2D eigenvalue weighted by Gasteiger charge is -2.24. The first-order chi connectivity index (χ1) is 9.78. The van der Waals surface area contributed by atoms with Crippen molar-refractivity contribution in [1.82, 2.24) is 5.32 Å². The Balaban J connectivity index is 2.13. The molecule has 1 aromatic carbocycles. The van der Waals surface area contributed by atoms with Crippen molar-refractivity contribution in [2.24, 2.45) is 5.92 Å². The number of benzene rings is 1. The van der Waals surface area contributed by atoms with Gasteiger partial charge in [0.05, 0.1) is 5.92 Å². The van der Waals surface area contributed by atoms with Crippen molar-refractivity contribution in [3.8, 4) is 0 Å². The molecule has 0 aliphatic carbocycles. The lowest BCUT2D eigenvalue weighted by molar-refractivity contribution is -0.159. The van der Waals surface area contributed by atoms with E-state index in [2.05, 4.69) is 43.4 Å². The summed E-state index contributed by atoms with van der Waals surface area (Å²) in [5.74, 6) is 0.558. The van der Waals surface area contributed by atoms with Gasteiger partial charge in [0.1, 0.15) is 5.60 Å². The molecule has 0 bridgehead atoms. The van der Waals surface area contributed by atoms with Gasteiger partial charge in [0, 0.05) is 19.0 Å². The van der Waals surface area contributed by atoms with Crippen LogP contribution in [0.4, 0.5) is 0 Å². The summed E-state index contributed by atoms with van der Waals surface area (Å²) in [6.07, 6.45) is 0. The third-order valence-corrected chi connectivity index (χ3v) is 3.96. The van der Waals surface area contributed by atoms with Gasteiger partial charge in [-0.25, -0.2) is 0 Å². The molecule has 1 aliphatic heterocycles. The molecule has 3 nitrogen and oxygen atoms in total. The molecule has 3 heteroatoms. The van der Waals surface area contributed by atoms with Gasteiger partial charge in [-0.3, -0.25) is 4.79 Å². The molecule has 0 aromatic heterocycles. The maximum absolute atomic E-state index is 12.4. The van der Waals surface area contributed by atoms with E-state index in [9.17, 15) is 4.79 Å². The zero-order valence-corrected chi connectivity index (χ0v) is 13.8. The maximum atomic E-state index is 12.4. The Labute approximate surface area is 128 Å². The smallest absolute Gasteiger partial charge is 0.311 e. The van der Waals surface area contributed by atoms with Crippen LogP contribution in [0.25, 0.3) is 0 Å². The van der Waals surface area contributed by atoms with Crippen LogP contribution in [-0.2, 0) is 9.53 Å². The minimum atomic E-state index is -0.425. The summed E-state index contributed by atoms with van der Waals surface area (Å²) in [7, 11) is 0. The molecule has 0 saturated carbocycles. The van der Waals surface area contributed by atoms with Gasteiger partial charge >= 0.3 is 5.97 Å². The van der Waals surface area contributed by atoms with Crippen LogP contribution in [0, 0.1) is 5.92 Å². The van der Waals surface area contributed by atoms with Crippen molar-refractivity contribution in [3.63, 3.8) is 0 Å². The number of nitrogens with one attached hydrogen (secondary N) is 1. The topological polar surface area (TPSA) is 38.3 Å². The van der Waals surface area contributed by atoms with Crippen LogP contribution in [0.1, 0.15) is 57.6 Å².